The lowest BCUT2D eigenvalue weighted by molar-refractivity contribution is -0.134. The summed E-state index contributed by atoms with van der Waals surface area (Å²) in [4.78, 5) is 15.2. The zero-order chi connectivity index (χ0) is 30.2. The second kappa shape index (κ2) is 18.8. The van der Waals surface area contributed by atoms with Crippen LogP contribution in [0.3, 0.4) is 0 Å². The smallest absolute Gasteiger partial charge is 0.300 e. The number of carboxylic acids is 1. The highest BCUT2D eigenvalue weighted by Crippen LogP contribution is 2.37. The molecule has 0 bridgehead atoms. The van der Waals surface area contributed by atoms with Crippen LogP contribution in [-0.4, -0.2) is 35.0 Å². The Morgan fingerprint density at radius 3 is 2.56 bits per heavy atom. The molecule has 1 atom stereocenters. The largest absolute Gasteiger partial charge is 0.493 e. The van der Waals surface area contributed by atoms with Gasteiger partial charge in [-0.3, -0.25) is 4.79 Å². The van der Waals surface area contributed by atoms with E-state index in [4.69, 9.17) is 24.4 Å². The summed E-state index contributed by atoms with van der Waals surface area (Å²) in [6.07, 6.45) is 7.92. The van der Waals surface area contributed by atoms with Crippen LogP contribution in [0.2, 0.25) is 0 Å². The van der Waals surface area contributed by atoms with Crippen molar-refractivity contribution in [3.05, 3.63) is 58.8 Å². The lowest BCUT2D eigenvalue weighted by Gasteiger charge is -2.22. The molecular weight excluding hydrogens is 551 g/mol. The molecule has 1 aromatic heterocycles. The van der Waals surface area contributed by atoms with Gasteiger partial charge in [-0.1, -0.05) is 58.4 Å². The van der Waals surface area contributed by atoms with E-state index in [1.807, 2.05) is 32.5 Å². The second-order valence-electron chi connectivity index (χ2n) is 9.84. The summed E-state index contributed by atoms with van der Waals surface area (Å²) >= 11 is 3.60. The minimum atomic E-state index is -0.833. The van der Waals surface area contributed by atoms with Crippen molar-refractivity contribution in [3.8, 4) is 21.4 Å². The highest BCUT2D eigenvalue weighted by Gasteiger charge is 2.17. The van der Waals surface area contributed by atoms with Gasteiger partial charge in [0.2, 0.25) is 0 Å². The van der Waals surface area contributed by atoms with Crippen LogP contribution in [0.5, 0.6) is 10.8 Å². The first kappa shape index (κ1) is 34.7. The fourth-order valence-corrected chi connectivity index (χ4v) is 6.75. The fraction of sp³-hybridized carbons (Fsp3) is 0.529. The molecular formula is C34H49NO4S2. The number of ether oxygens (including phenoxy) is 2. The van der Waals surface area contributed by atoms with Gasteiger partial charge in [-0.2, -0.15) is 0 Å². The molecule has 5 nitrogen and oxygen atoms in total. The number of hydrogen-bond acceptors (Lipinski definition) is 6. The summed E-state index contributed by atoms with van der Waals surface area (Å²) in [6, 6.07) is 13.6. The van der Waals surface area contributed by atoms with Gasteiger partial charge in [0.25, 0.3) is 5.97 Å². The number of nitrogens with zero attached hydrogens (tertiary/aromatic N) is 1. The standard InChI is InChI=1S/C30H39NO2S2.C2H4O2.C2H6/c1-5-10-23-19-24(29-31-27(6-2)30(35-29)32-7-3)13-16-28(23)33-17-9-18-34-25-14-15-26-21(4)11-8-12-22(26)20-25;1-2(3)4;1-2/h13-16,19-21H,5-12,17-18H2,1-4H3;1H3,(H,3,4);1-2H3. The number of benzene rings is 2. The Kier molecular flexibility index (Phi) is 15.9. The Hall–Kier alpha value is -2.51. The molecule has 0 spiro atoms. The molecule has 7 heteroatoms. The van der Waals surface area contributed by atoms with Crippen molar-refractivity contribution in [2.75, 3.05) is 19.0 Å². The average Bonchev–Trinajstić information content (AvgIpc) is 3.38. The third-order valence-corrected chi connectivity index (χ3v) is 8.78. The molecule has 0 saturated carbocycles. The van der Waals surface area contributed by atoms with Gasteiger partial charge in [0.15, 0.2) is 5.06 Å². The van der Waals surface area contributed by atoms with E-state index in [2.05, 4.69) is 57.2 Å². The van der Waals surface area contributed by atoms with Crippen LogP contribution >= 0.6 is 23.1 Å². The van der Waals surface area contributed by atoms with Gasteiger partial charge in [-0.25, -0.2) is 4.98 Å². The summed E-state index contributed by atoms with van der Waals surface area (Å²) in [5.74, 6) is 1.97. The van der Waals surface area contributed by atoms with Crippen LogP contribution in [-0.2, 0) is 24.1 Å². The quantitative estimate of drug-likeness (QED) is 0.165. The molecule has 0 fully saturated rings. The highest BCUT2D eigenvalue weighted by molar-refractivity contribution is 7.99. The minimum Gasteiger partial charge on any atom is -0.493 e. The van der Waals surface area contributed by atoms with E-state index in [9.17, 15) is 0 Å². The van der Waals surface area contributed by atoms with Gasteiger partial charge in [0.05, 0.1) is 18.9 Å². The topological polar surface area (TPSA) is 68.7 Å². The van der Waals surface area contributed by atoms with Crippen molar-refractivity contribution in [2.24, 2.45) is 0 Å². The molecule has 1 aliphatic rings. The number of thioether (sulfide) groups is 1. The first-order chi connectivity index (χ1) is 19.9. The summed E-state index contributed by atoms with van der Waals surface area (Å²) in [5.41, 5.74) is 6.61. The first-order valence-corrected chi connectivity index (χ1v) is 17.0. The molecule has 1 N–H and O–H groups in total. The molecule has 4 rings (SSSR count). The monoisotopic (exact) mass is 599 g/mol. The zero-order valence-corrected chi connectivity index (χ0v) is 27.7. The molecule has 0 radical (unpaired) electrons. The fourth-order valence-electron chi connectivity index (χ4n) is 4.80. The maximum absolute atomic E-state index is 9.00. The Bertz CT molecular complexity index is 1200. The number of rotatable bonds is 12. The number of thiazole rings is 1. The predicted octanol–water partition coefficient (Wildman–Crippen LogP) is 9.84. The van der Waals surface area contributed by atoms with Crippen LogP contribution in [0, 0.1) is 0 Å². The van der Waals surface area contributed by atoms with Gasteiger partial charge in [-0.05, 0) is 98.4 Å². The van der Waals surface area contributed by atoms with Crippen molar-refractivity contribution in [3.63, 3.8) is 0 Å². The van der Waals surface area contributed by atoms with E-state index in [0.29, 0.717) is 12.5 Å². The molecule has 0 saturated heterocycles. The van der Waals surface area contributed by atoms with E-state index in [-0.39, 0.29) is 0 Å². The van der Waals surface area contributed by atoms with Crippen molar-refractivity contribution in [2.45, 2.75) is 104 Å². The molecule has 226 valence electrons. The summed E-state index contributed by atoms with van der Waals surface area (Å²) in [7, 11) is 0. The molecule has 2 aromatic carbocycles. The molecule has 1 unspecified atom stereocenters. The van der Waals surface area contributed by atoms with Crippen molar-refractivity contribution in [1.29, 1.82) is 0 Å². The maximum Gasteiger partial charge on any atom is 0.300 e. The maximum atomic E-state index is 9.00. The molecule has 0 aliphatic heterocycles. The molecule has 41 heavy (non-hydrogen) atoms. The van der Waals surface area contributed by atoms with Gasteiger partial charge in [-0.15, -0.1) is 11.8 Å². The second-order valence-corrected chi connectivity index (χ2v) is 12.0. The highest BCUT2D eigenvalue weighted by atomic mass is 32.2. The summed E-state index contributed by atoms with van der Waals surface area (Å²) in [5, 5.41) is 9.40. The Labute approximate surface area is 256 Å². The van der Waals surface area contributed by atoms with Crippen LogP contribution in [0.4, 0.5) is 0 Å². The van der Waals surface area contributed by atoms with Crippen molar-refractivity contribution >= 4 is 29.1 Å². The zero-order valence-electron chi connectivity index (χ0n) is 26.0. The normalized spacial score (nSPS) is 13.7. The van der Waals surface area contributed by atoms with E-state index < -0.39 is 5.97 Å². The first-order valence-electron chi connectivity index (χ1n) is 15.2. The van der Waals surface area contributed by atoms with Gasteiger partial charge < -0.3 is 14.6 Å². The summed E-state index contributed by atoms with van der Waals surface area (Å²) in [6.45, 7) is 15.2. The lowest BCUT2D eigenvalue weighted by Crippen LogP contribution is -2.06. The lowest BCUT2D eigenvalue weighted by atomic mass is 9.84. The van der Waals surface area contributed by atoms with E-state index in [1.165, 1.54) is 29.7 Å². The number of carbonyl (C=O) groups is 1. The molecule has 0 amide bonds. The van der Waals surface area contributed by atoms with Crippen molar-refractivity contribution < 1.29 is 19.4 Å². The summed E-state index contributed by atoms with van der Waals surface area (Å²) < 4.78 is 12.1. The number of hydrogen-bond donors (Lipinski definition) is 1. The van der Waals surface area contributed by atoms with Gasteiger partial charge >= 0.3 is 0 Å². The van der Waals surface area contributed by atoms with Crippen LogP contribution in [0.1, 0.15) is 102 Å². The molecule has 1 heterocycles. The van der Waals surface area contributed by atoms with E-state index in [1.54, 1.807) is 22.5 Å². The third kappa shape index (κ3) is 11.0. The average molecular weight is 600 g/mol. The van der Waals surface area contributed by atoms with Gasteiger partial charge in [0.1, 0.15) is 10.8 Å². The Morgan fingerprint density at radius 1 is 1.12 bits per heavy atom. The number of carboxylic acid groups (broad SMARTS) is 1. The Balaban J connectivity index is 0.000000902. The van der Waals surface area contributed by atoms with E-state index >= 15 is 0 Å². The van der Waals surface area contributed by atoms with Gasteiger partial charge in [0, 0.05) is 23.1 Å². The van der Waals surface area contributed by atoms with Crippen molar-refractivity contribution in [1.82, 2.24) is 4.98 Å². The molecule has 3 aromatic rings. The number of aliphatic carboxylic acids is 1. The third-order valence-electron chi connectivity index (χ3n) is 6.64. The predicted molar refractivity (Wildman–Crippen MR) is 175 cm³/mol. The number of aromatic nitrogens is 1. The van der Waals surface area contributed by atoms with E-state index in [0.717, 1.165) is 72.0 Å². The van der Waals surface area contributed by atoms with Crippen LogP contribution in [0.15, 0.2) is 41.3 Å². The number of aryl methyl sites for hydroxylation is 3. The molecule has 1 aliphatic carbocycles. The Morgan fingerprint density at radius 2 is 1.88 bits per heavy atom. The van der Waals surface area contributed by atoms with Crippen LogP contribution < -0.4 is 9.47 Å². The number of fused-ring (bicyclic) bond motifs is 1. The van der Waals surface area contributed by atoms with Crippen LogP contribution in [0.25, 0.3) is 10.6 Å². The SMILES string of the molecule is CC.CC(=O)O.CCCc1cc(-c2nc(CC)c(OCC)s2)ccc1OCCCSc1ccc2c(c1)CCCC2C. The minimum absolute atomic E-state index is 0.673.